The van der Waals surface area contributed by atoms with E-state index in [2.05, 4.69) is 5.32 Å². The summed E-state index contributed by atoms with van der Waals surface area (Å²) in [7, 11) is 0.210. The molecule has 1 aliphatic heterocycles. The first-order valence-corrected chi connectivity index (χ1v) is 11.1. The molecule has 1 saturated heterocycles. The second-order valence-corrected chi connectivity index (χ2v) is 8.67. The number of carbonyl (C=O) groups excluding carboxylic acids is 2. The average Bonchev–Trinajstić information content (AvgIpc) is 2.83. The van der Waals surface area contributed by atoms with Crippen molar-refractivity contribution < 1.29 is 37.0 Å². The number of anilines is 1. The Balaban J connectivity index is 1.96. The first-order valence-electron chi connectivity index (χ1n) is 9.65. The maximum absolute atomic E-state index is 13.1. The Hall–Kier alpha value is -3.15. The number of morpholine rings is 1. The number of esters is 1. The van der Waals surface area contributed by atoms with Crippen molar-refractivity contribution in [2.24, 2.45) is 0 Å². The molecule has 1 heterocycles. The van der Waals surface area contributed by atoms with E-state index in [4.69, 9.17) is 18.9 Å². The van der Waals surface area contributed by atoms with E-state index in [1.165, 1.54) is 56.0 Å². The third-order valence-electron chi connectivity index (χ3n) is 4.90. The van der Waals surface area contributed by atoms with Gasteiger partial charge in [-0.25, -0.2) is 13.2 Å². The Morgan fingerprint density at radius 3 is 2.31 bits per heavy atom. The van der Waals surface area contributed by atoms with E-state index in [1.807, 2.05) is 0 Å². The molecule has 1 amide bonds. The molecule has 0 spiro atoms. The van der Waals surface area contributed by atoms with Crippen molar-refractivity contribution in [3.05, 3.63) is 47.5 Å². The Bertz CT molecular complexity index is 1110. The standard InChI is InChI=1S/C21H24N2O8S/c1-28-14-4-6-18(16(12-14)21(25)30-3)22-20(24)17-13-15(5-7-19(17)29-2)32(26,27)23-8-10-31-11-9-23/h4-7,12-13H,8-11H2,1-3H3,(H,22,24). The number of rotatable bonds is 7. The lowest BCUT2D eigenvalue weighted by Crippen LogP contribution is -2.40. The second kappa shape index (κ2) is 9.98. The van der Waals surface area contributed by atoms with Gasteiger partial charge in [0, 0.05) is 13.1 Å². The molecular formula is C21H24N2O8S. The van der Waals surface area contributed by atoms with Gasteiger partial charge in [0.25, 0.3) is 5.91 Å². The highest BCUT2D eigenvalue weighted by Gasteiger charge is 2.28. The van der Waals surface area contributed by atoms with Crippen LogP contribution in [0.2, 0.25) is 0 Å². The fourth-order valence-corrected chi connectivity index (χ4v) is 4.62. The Labute approximate surface area is 186 Å². The quantitative estimate of drug-likeness (QED) is 0.616. The van der Waals surface area contributed by atoms with Crippen molar-refractivity contribution in [1.29, 1.82) is 0 Å². The highest BCUT2D eigenvalue weighted by Crippen LogP contribution is 2.28. The molecule has 3 rings (SSSR count). The van der Waals surface area contributed by atoms with E-state index in [0.717, 1.165) is 0 Å². The van der Waals surface area contributed by atoms with Crippen molar-refractivity contribution in [2.45, 2.75) is 4.90 Å². The van der Waals surface area contributed by atoms with Crippen LogP contribution in [0.15, 0.2) is 41.3 Å². The maximum Gasteiger partial charge on any atom is 0.340 e. The highest BCUT2D eigenvalue weighted by molar-refractivity contribution is 7.89. The van der Waals surface area contributed by atoms with Crippen LogP contribution in [-0.2, 0) is 19.5 Å². The minimum Gasteiger partial charge on any atom is -0.497 e. The first kappa shape index (κ1) is 23.5. The smallest absolute Gasteiger partial charge is 0.340 e. The van der Waals surface area contributed by atoms with Gasteiger partial charge in [-0.05, 0) is 36.4 Å². The third-order valence-corrected chi connectivity index (χ3v) is 6.80. The lowest BCUT2D eigenvalue weighted by atomic mass is 10.1. The molecule has 0 atom stereocenters. The zero-order valence-corrected chi connectivity index (χ0v) is 18.7. The minimum atomic E-state index is -3.82. The molecule has 1 aliphatic rings. The van der Waals surface area contributed by atoms with Crippen LogP contribution in [0.25, 0.3) is 0 Å². The summed E-state index contributed by atoms with van der Waals surface area (Å²) in [5.74, 6) is -0.748. The lowest BCUT2D eigenvalue weighted by molar-refractivity contribution is 0.0601. The number of sulfonamides is 1. The largest absolute Gasteiger partial charge is 0.497 e. The SMILES string of the molecule is COC(=O)c1cc(OC)ccc1NC(=O)c1cc(S(=O)(=O)N2CCOCC2)ccc1OC. The number of hydrogen-bond donors (Lipinski definition) is 1. The molecule has 11 heteroatoms. The second-order valence-electron chi connectivity index (χ2n) is 6.74. The molecule has 0 saturated carbocycles. The van der Waals surface area contributed by atoms with Gasteiger partial charge in [0.1, 0.15) is 11.5 Å². The summed E-state index contributed by atoms with van der Waals surface area (Å²) in [4.78, 5) is 25.2. The Kier molecular flexibility index (Phi) is 7.33. The topological polar surface area (TPSA) is 120 Å². The summed E-state index contributed by atoms with van der Waals surface area (Å²) in [5, 5.41) is 2.62. The van der Waals surface area contributed by atoms with Gasteiger partial charge in [-0.1, -0.05) is 0 Å². The number of hydrogen-bond acceptors (Lipinski definition) is 8. The van der Waals surface area contributed by atoms with Gasteiger partial charge in [0.05, 0.1) is 56.3 Å². The molecule has 0 bridgehead atoms. The van der Waals surface area contributed by atoms with E-state index < -0.39 is 21.9 Å². The summed E-state index contributed by atoms with van der Waals surface area (Å²) in [6, 6.07) is 8.53. The molecule has 2 aromatic carbocycles. The van der Waals surface area contributed by atoms with Crippen LogP contribution in [0, 0.1) is 0 Å². The zero-order chi connectivity index (χ0) is 23.3. The van der Waals surface area contributed by atoms with E-state index in [0.29, 0.717) is 19.0 Å². The number of carbonyl (C=O) groups is 2. The Morgan fingerprint density at radius 1 is 0.969 bits per heavy atom. The van der Waals surface area contributed by atoms with Crippen LogP contribution in [0.3, 0.4) is 0 Å². The predicted molar refractivity (Wildman–Crippen MR) is 115 cm³/mol. The van der Waals surface area contributed by atoms with E-state index in [9.17, 15) is 18.0 Å². The van der Waals surface area contributed by atoms with Gasteiger partial charge in [0.2, 0.25) is 10.0 Å². The van der Waals surface area contributed by atoms with Crippen molar-refractivity contribution in [2.75, 3.05) is 52.9 Å². The average molecular weight is 464 g/mol. The summed E-state index contributed by atoms with van der Waals surface area (Å²) >= 11 is 0. The summed E-state index contributed by atoms with van der Waals surface area (Å²) < 4.78 is 47.7. The van der Waals surface area contributed by atoms with Gasteiger partial charge >= 0.3 is 5.97 Å². The molecule has 0 radical (unpaired) electrons. The highest BCUT2D eigenvalue weighted by atomic mass is 32.2. The molecule has 2 aromatic rings. The van der Waals surface area contributed by atoms with Crippen molar-refractivity contribution >= 4 is 27.6 Å². The molecule has 0 unspecified atom stereocenters. The normalized spacial score (nSPS) is 14.5. The minimum absolute atomic E-state index is 0.00605. The summed E-state index contributed by atoms with van der Waals surface area (Å²) in [5.41, 5.74) is 0.246. The van der Waals surface area contributed by atoms with Crippen molar-refractivity contribution in [3.63, 3.8) is 0 Å². The number of nitrogens with one attached hydrogen (secondary N) is 1. The van der Waals surface area contributed by atoms with Gasteiger partial charge in [-0.2, -0.15) is 4.31 Å². The summed E-state index contributed by atoms with van der Waals surface area (Å²) in [6.45, 7) is 1.06. The monoisotopic (exact) mass is 464 g/mol. The van der Waals surface area contributed by atoms with Crippen LogP contribution in [0.1, 0.15) is 20.7 Å². The van der Waals surface area contributed by atoms with Gasteiger partial charge in [-0.15, -0.1) is 0 Å². The molecular weight excluding hydrogens is 440 g/mol. The molecule has 32 heavy (non-hydrogen) atoms. The number of nitrogens with zero attached hydrogens (tertiary/aromatic N) is 1. The van der Waals surface area contributed by atoms with Gasteiger partial charge < -0.3 is 24.3 Å². The van der Waals surface area contributed by atoms with E-state index in [1.54, 1.807) is 6.07 Å². The van der Waals surface area contributed by atoms with E-state index >= 15 is 0 Å². The molecule has 10 nitrogen and oxygen atoms in total. The molecule has 0 aliphatic carbocycles. The first-order chi connectivity index (χ1) is 15.3. The Morgan fingerprint density at radius 2 is 1.69 bits per heavy atom. The fraction of sp³-hybridized carbons (Fsp3) is 0.333. The number of methoxy groups -OCH3 is 3. The van der Waals surface area contributed by atoms with Crippen LogP contribution >= 0.6 is 0 Å². The van der Waals surface area contributed by atoms with Crippen LogP contribution < -0.4 is 14.8 Å². The maximum atomic E-state index is 13.1. The molecule has 1 N–H and O–H groups in total. The van der Waals surface area contributed by atoms with Crippen LogP contribution in [0.4, 0.5) is 5.69 Å². The third kappa shape index (κ3) is 4.85. The van der Waals surface area contributed by atoms with Gasteiger partial charge in [-0.3, -0.25) is 4.79 Å². The number of ether oxygens (including phenoxy) is 4. The number of benzene rings is 2. The molecule has 0 aromatic heterocycles. The fourth-order valence-electron chi connectivity index (χ4n) is 3.19. The van der Waals surface area contributed by atoms with Crippen molar-refractivity contribution in [3.8, 4) is 11.5 Å². The molecule has 172 valence electrons. The van der Waals surface area contributed by atoms with Crippen LogP contribution in [0.5, 0.6) is 11.5 Å². The number of amides is 1. The van der Waals surface area contributed by atoms with Gasteiger partial charge in [0.15, 0.2) is 0 Å². The lowest BCUT2D eigenvalue weighted by Gasteiger charge is -2.26. The van der Waals surface area contributed by atoms with E-state index in [-0.39, 0.29) is 40.5 Å². The zero-order valence-electron chi connectivity index (χ0n) is 17.9. The predicted octanol–water partition coefficient (Wildman–Crippen LogP) is 1.76. The molecule has 1 fully saturated rings. The van der Waals surface area contributed by atoms with Crippen LogP contribution in [-0.4, -0.2) is 72.2 Å². The summed E-state index contributed by atoms with van der Waals surface area (Å²) in [6.07, 6.45) is 0. The van der Waals surface area contributed by atoms with Crippen molar-refractivity contribution in [1.82, 2.24) is 4.31 Å².